The number of nitrogens with one attached hydrogen (secondary N) is 1. The van der Waals surface area contributed by atoms with Gasteiger partial charge in [-0.15, -0.1) is 0 Å². The predicted octanol–water partition coefficient (Wildman–Crippen LogP) is 1.52. The third-order valence-electron chi connectivity index (χ3n) is 3.91. The highest BCUT2D eigenvalue weighted by molar-refractivity contribution is 7.92. The van der Waals surface area contributed by atoms with Crippen molar-refractivity contribution in [1.82, 2.24) is 10.2 Å². The molecule has 0 aromatic heterocycles. The average molecular weight is 290 g/mol. The van der Waals surface area contributed by atoms with Gasteiger partial charge < -0.3 is 5.32 Å². The molecule has 0 aliphatic carbocycles. The SMILES string of the molecule is CC(C)(C)C1CN(CCS(=O)(=O)C(C)(C)C)CCN1. The lowest BCUT2D eigenvalue weighted by Crippen LogP contribution is -2.56. The fraction of sp³-hybridized carbons (Fsp3) is 1.00. The van der Waals surface area contributed by atoms with Crippen LogP contribution in [0.5, 0.6) is 0 Å². The van der Waals surface area contributed by atoms with Gasteiger partial charge in [-0.05, 0) is 26.2 Å². The van der Waals surface area contributed by atoms with Crippen LogP contribution in [0.1, 0.15) is 41.5 Å². The van der Waals surface area contributed by atoms with Crippen molar-refractivity contribution in [3.05, 3.63) is 0 Å². The van der Waals surface area contributed by atoms with Crippen molar-refractivity contribution in [2.45, 2.75) is 52.3 Å². The zero-order valence-electron chi connectivity index (χ0n) is 13.3. The maximum absolute atomic E-state index is 12.1. The molecule has 1 rings (SSSR count). The van der Waals surface area contributed by atoms with Crippen molar-refractivity contribution >= 4 is 9.84 Å². The van der Waals surface area contributed by atoms with E-state index in [9.17, 15) is 8.42 Å². The molecule has 0 saturated carbocycles. The summed E-state index contributed by atoms with van der Waals surface area (Å²) in [6.07, 6.45) is 0. The van der Waals surface area contributed by atoms with Gasteiger partial charge in [0.25, 0.3) is 0 Å². The highest BCUT2D eigenvalue weighted by atomic mass is 32.2. The molecule has 1 heterocycles. The monoisotopic (exact) mass is 290 g/mol. The third-order valence-corrected chi connectivity index (χ3v) is 6.50. The molecule has 1 fully saturated rings. The lowest BCUT2D eigenvalue weighted by molar-refractivity contribution is 0.140. The fourth-order valence-electron chi connectivity index (χ4n) is 2.15. The van der Waals surface area contributed by atoms with E-state index in [-0.39, 0.29) is 11.2 Å². The van der Waals surface area contributed by atoms with Gasteiger partial charge in [0.1, 0.15) is 0 Å². The molecule has 1 aliphatic heterocycles. The van der Waals surface area contributed by atoms with Crippen LogP contribution >= 0.6 is 0 Å². The third kappa shape index (κ3) is 4.72. The highest BCUT2D eigenvalue weighted by Crippen LogP contribution is 2.22. The van der Waals surface area contributed by atoms with Gasteiger partial charge >= 0.3 is 0 Å². The minimum absolute atomic E-state index is 0.210. The molecule has 0 bridgehead atoms. The summed E-state index contributed by atoms with van der Waals surface area (Å²) < 4.78 is 23.6. The molecule has 0 aromatic carbocycles. The van der Waals surface area contributed by atoms with Gasteiger partial charge in [0.2, 0.25) is 0 Å². The Balaban J connectivity index is 2.55. The van der Waals surface area contributed by atoms with Gasteiger partial charge in [0, 0.05) is 32.2 Å². The lowest BCUT2D eigenvalue weighted by atomic mass is 9.85. The Morgan fingerprint density at radius 1 is 1.16 bits per heavy atom. The standard InChI is InChI=1S/C14H30N2O2S/c1-13(2,3)12-11-16(8-7-15-12)9-10-19(17,18)14(4,5)6/h12,15H,7-11H2,1-6H3. The predicted molar refractivity (Wildman–Crippen MR) is 81.2 cm³/mol. The summed E-state index contributed by atoms with van der Waals surface area (Å²) >= 11 is 0. The molecule has 1 atom stereocenters. The smallest absolute Gasteiger partial charge is 0.156 e. The van der Waals surface area contributed by atoms with E-state index in [4.69, 9.17) is 0 Å². The molecule has 114 valence electrons. The van der Waals surface area contributed by atoms with Crippen LogP contribution in [0.15, 0.2) is 0 Å². The van der Waals surface area contributed by atoms with Crippen LogP contribution in [0.4, 0.5) is 0 Å². The molecule has 1 unspecified atom stereocenters. The molecular formula is C14H30N2O2S. The molecule has 1 N–H and O–H groups in total. The first-order valence-electron chi connectivity index (χ1n) is 7.11. The zero-order chi connectivity index (χ0) is 14.9. The Labute approximate surface area is 118 Å². The van der Waals surface area contributed by atoms with Crippen molar-refractivity contribution in [2.75, 3.05) is 31.9 Å². The van der Waals surface area contributed by atoms with Crippen LogP contribution < -0.4 is 5.32 Å². The molecule has 0 spiro atoms. The molecule has 0 aromatic rings. The van der Waals surface area contributed by atoms with E-state index in [2.05, 4.69) is 31.0 Å². The highest BCUT2D eigenvalue weighted by Gasteiger charge is 2.32. The first kappa shape index (κ1) is 16.9. The topological polar surface area (TPSA) is 49.4 Å². The second-order valence-electron chi connectivity index (χ2n) is 7.60. The Bertz CT molecular complexity index is 391. The maximum Gasteiger partial charge on any atom is 0.156 e. The minimum Gasteiger partial charge on any atom is -0.311 e. The molecule has 4 nitrogen and oxygen atoms in total. The van der Waals surface area contributed by atoms with E-state index in [1.807, 2.05) is 0 Å². The molecule has 5 heteroatoms. The lowest BCUT2D eigenvalue weighted by Gasteiger charge is -2.40. The molecule has 1 aliphatic rings. The van der Waals surface area contributed by atoms with Crippen LogP contribution in [0, 0.1) is 5.41 Å². The average Bonchev–Trinajstić information content (AvgIpc) is 2.24. The van der Waals surface area contributed by atoms with Gasteiger partial charge in [-0.3, -0.25) is 4.90 Å². The van der Waals surface area contributed by atoms with Gasteiger partial charge in [0.05, 0.1) is 10.5 Å². The Morgan fingerprint density at radius 2 is 1.74 bits per heavy atom. The number of hydrogen-bond acceptors (Lipinski definition) is 4. The van der Waals surface area contributed by atoms with Crippen LogP contribution in [0.3, 0.4) is 0 Å². The molecule has 0 amide bonds. The van der Waals surface area contributed by atoms with Gasteiger partial charge in [-0.1, -0.05) is 20.8 Å². The summed E-state index contributed by atoms with van der Waals surface area (Å²) in [5.74, 6) is 0.257. The largest absolute Gasteiger partial charge is 0.311 e. The van der Waals surface area contributed by atoms with Crippen molar-refractivity contribution < 1.29 is 8.42 Å². The van der Waals surface area contributed by atoms with Crippen LogP contribution in [0.25, 0.3) is 0 Å². The van der Waals surface area contributed by atoms with Crippen molar-refractivity contribution in [1.29, 1.82) is 0 Å². The van der Waals surface area contributed by atoms with Gasteiger partial charge in [-0.2, -0.15) is 0 Å². The second kappa shape index (κ2) is 5.70. The summed E-state index contributed by atoms with van der Waals surface area (Å²) in [4.78, 5) is 2.27. The van der Waals surface area contributed by atoms with Crippen molar-refractivity contribution in [3.8, 4) is 0 Å². The first-order chi connectivity index (χ1) is 8.43. The first-order valence-corrected chi connectivity index (χ1v) is 8.77. The van der Waals surface area contributed by atoms with Gasteiger partial charge in [-0.25, -0.2) is 8.42 Å². The second-order valence-corrected chi connectivity index (χ2v) is 10.5. The normalized spacial score (nSPS) is 23.6. The van der Waals surface area contributed by atoms with Crippen LogP contribution in [-0.4, -0.2) is 56.0 Å². The summed E-state index contributed by atoms with van der Waals surface area (Å²) in [7, 11) is -3.01. The van der Waals surface area contributed by atoms with E-state index >= 15 is 0 Å². The quantitative estimate of drug-likeness (QED) is 0.856. The molecular weight excluding hydrogens is 260 g/mol. The Kier molecular flexibility index (Phi) is 5.08. The van der Waals surface area contributed by atoms with Crippen LogP contribution in [0.2, 0.25) is 0 Å². The summed E-state index contributed by atoms with van der Waals surface area (Å²) in [5, 5.41) is 3.53. The summed E-state index contributed by atoms with van der Waals surface area (Å²) in [6.45, 7) is 15.5. The molecule has 0 radical (unpaired) electrons. The molecule has 19 heavy (non-hydrogen) atoms. The van der Waals surface area contributed by atoms with Crippen molar-refractivity contribution in [2.24, 2.45) is 5.41 Å². The minimum atomic E-state index is -3.01. The van der Waals surface area contributed by atoms with E-state index < -0.39 is 14.6 Å². The zero-order valence-corrected chi connectivity index (χ0v) is 14.1. The number of rotatable bonds is 3. The van der Waals surface area contributed by atoms with Gasteiger partial charge in [0.15, 0.2) is 9.84 Å². The van der Waals surface area contributed by atoms with E-state index in [0.29, 0.717) is 12.6 Å². The van der Waals surface area contributed by atoms with Crippen LogP contribution in [-0.2, 0) is 9.84 Å². The Morgan fingerprint density at radius 3 is 2.21 bits per heavy atom. The summed E-state index contributed by atoms with van der Waals surface area (Å²) in [5.41, 5.74) is 0.210. The number of piperazine rings is 1. The maximum atomic E-state index is 12.1. The Hall–Kier alpha value is -0.130. The van der Waals surface area contributed by atoms with E-state index in [1.165, 1.54) is 0 Å². The number of nitrogens with zero attached hydrogens (tertiary/aromatic N) is 1. The van der Waals surface area contributed by atoms with E-state index in [1.54, 1.807) is 20.8 Å². The van der Waals surface area contributed by atoms with Crippen molar-refractivity contribution in [3.63, 3.8) is 0 Å². The number of hydrogen-bond donors (Lipinski definition) is 1. The summed E-state index contributed by atoms with van der Waals surface area (Å²) in [6, 6.07) is 0.429. The number of sulfone groups is 1. The molecule has 1 saturated heterocycles. The fourth-order valence-corrected chi connectivity index (χ4v) is 3.26. The van der Waals surface area contributed by atoms with E-state index in [0.717, 1.165) is 19.6 Å².